The third-order valence-corrected chi connectivity index (χ3v) is 2.45. The summed E-state index contributed by atoms with van der Waals surface area (Å²) in [6, 6.07) is 7.58. The largest absolute Gasteiger partial charge is 1.00 e. The molecule has 1 heterocycles. The summed E-state index contributed by atoms with van der Waals surface area (Å²) in [7, 11) is 1.41. The van der Waals surface area contributed by atoms with Gasteiger partial charge in [0.15, 0.2) is 5.69 Å². The third kappa shape index (κ3) is 3.66. The molecule has 0 saturated carbocycles. The van der Waals surface area contributed by atoms with Crippen LogP contribution in [0.1, 0.15) is 21.6 Å². The first-order valence-electron chi connectivity index (χ1n) is 5.57. The number of hydrogen-bond acceptors (Lipinski definition) is 5. The minimum Gasteiger partial charge on any atom is -0.856 e. The Balaban J connectivity index is 0.00000200. The van der Waals surface area contributed by atoms with E-state index in [-0.39, 0.29) is 35.3 Å². The maximum atomic E-state index is 11.7. The number of benzene rings is 1. The molecule has 0 unspecified atom stereocenters. The molecule has 0 atom stereocenters. The second kappa shape index (κ2) is 7.18. The van der Waals surface area contributed by atoms with Crippen molar-refractivity contribution >= 4 is 12.1 Å². The summed E-state index contributed by atoms with van der Waals surface area (Å²) in [5.41, 5.74) is 1.68. The molecule has 0 fully saturated rings. The first-order chi connectivity index (χ1) is 9.11. The molecule has 2 rings (SSSR count). The Bertz CT molecular complexity index is 621. The molecule has 1 aromatic heterocycles. The van der Waals surface area contributed by atoms with E-state index in [0.717, 1.165) is 15.9 Å². The fourth-order valence-electron chi connectivity index (χ4n) is 1.38. The van der Waals surface area contributed by atoms with Crippen LogP contribution >= 0.6 is 0 Å². The van der Waals surface area contributed by atoms with E-state index in [0.29, 0.717) is 0 Å². The molecule has 7 nitrogen and oxygen atoms in total. The van der Waals surface area contributed by atoms with Gasteiger partial charge in [-0.15, -0.1) is 9.89 Å². The molecule has 0 aliphatic rings. The Morgan fingerprint density at radius 2 is 2.05 bits per heavy atom. The van der Waals surface area contributed by atoms with E-state index in [1.54, 1.807) is 0 Å². The molecule has 1 N–H and O–H groups in total. The number of hydrogen-bond donors (Lipinski definition) is 1. The van der Waals surface area contributed by atoms with Crippen molar-refractivity contribution < 1.29 is 39.5 Å². The topological polar surface area (TPSA) is 95.2 Å². The van der Waals surface area contributed by atoms with Gasteiger partial charge in [0.05, 0.1) is 6.21 Å². The van der Waals surface area contributed by atoms with Gasteiger partial charge in [0.2, 0.25) is 0 Å². The summed E-state index contributed by atoms with van der Waals surface area (Å²) in [5, 5.41) is 24.9. The molecule has 0 radical (unpaired) electrons. The Morgan fingerprint density at radius 1 is 1.40 bits per heavy atom. The van der Waals surface area contributed by atoms with Crippen molar-refractivity contribution in [1.82, 2.24) is 20.4 Å². The van der Waals surface area contributed by atoms with Gasteiger partial charge in [-0.2, -0.15) is 5.10 Å². The van der Waals surface area contributed by atoms with Gasteiger partial charge in [0, 0.05) is 12.9 Å². The molecule has 0 aliphatic carbocycles. The van der Waals surface area contributed by atoms with Gasteiger partial charge < -0.3 is 10.4 Å². The minimum absolute atomic E-state index is 0. The maximum absolute atomic E-state index is 11.7. The van der Waals surface area contributed by atoms with Gasteiger partial charge in [-0.3, -0.25) is 4.79 Å². The van der Waals surface area contributed by atoms with E-state index in [2.05, 4.69) is 20.7 Å². The fraction of sp³-hybridized carbons (Fsp3) is 0.167. The van der Waals surface area contributed by atoms with E-state index < -0.39 is 11.8 Å². The molecule has 0 aliphatic heterocycles. The van der Waals surface area contributed by atoms with Crippen LogP contribution in [-0.4, -0.2) is 34.3 Å². The predicted molar refractivity (Wildman–Crippen MR) is 67.0 cm³/mol. The van der Waals surface area contributed by atoms with E-state index in [1.165, 1.54) is 13.3 Å². The second-order valence-electron chi connectivity index (χ2n) is 3.87. The summed E-state index contributed by atoms with van der Waals surface area (Å²) < 4.78 is 0. The van der Waals surface area contributed by atoms with Gasteiger partial charge in [-0.1, -0.05) is 29.8 Å². The Hall–Kier alpha value is -1.70. The Labute approximate surface area is 138 Å². The molecule has 0 bridgehead atoms. The van der Waals surface area contributed by atoms with Crippen LogP contribution in [0.4, 0.5) is 0 Å². The van der Waals surface area contributed by atoms with Crippen LogP contribution in [0.2, 0.25) is 0 Å². The van der Waals surface area contributed by atoms with Crippen molar-refractivity contribution in [2.24, 2.45) is 5.10 Å². The van der Waals surface area contributed by atoms with Crippen molar-refractivity contribution in [3.05, 3.63) is 41.1 Å². The van der Waals surface area contributed by atoms with Crippen LogP contribution < -0.4 is 40.0 Å². The van der Waals surface area contributed by atoms with Crippen LogP contribution in [0, 0.1) is 6.92 Å². The van der Waals surface area contributed by atoms with Crippen molar-refractivity contribution in [3.63, 3.8) is 0 Å². The molecule has 8 heteroatoms. The Kier molecular flexibility index (Phi) is 5.87. The standard InChI is InChI=1S/C12H13N5O2.Na/c1-8-3-5-9(6-4-8)7-14-17-12(19)10(15-16-17)11(18)13-2;/h3-7,19H,1-2H3,(H,13,18);/q;+1/p-1. The Morgan fingerprint density at radius 3 is 2.65 bits per heavy atom. The van der Waals surface area contributed by atoms with Crippen LogP contribution in [-0.2, 0) is 0 Å². The third-order valence-electron chi connectivity index (χ3n) is 2.45. The molecule has 98 valence electrons. The molecular weight excluding hydrogens is 269 g/mol. The van der Waals surface area contributed by atoms with Crippen LogP contribution in [0.15, 0.2) is 29.4 Å². The molecule has 20 heavy (non-hydrogen) atoms. The second-order valence-corrected chi connectivity index (χ2v) is 3.87. The zero-order chi connectivity index (χ0) is 13.8. The smallest absolute Gasteiger partial charge is 0.856 e. The quantitative estimate of drug-likeness (QED) is 0.476. The summed E-state index contributed by atoms with van der Waals surface area (Å²) in [6.45, 7) is 1.98. The van der Waals surface area contributed by atoms with Crippen molar-refractivity contribution in [2.75, 3.05) is 7.05 Å². The van der Waals surface area contributed by atoms with Crippen LogP contribution in [0.3, 0.4) is 0 Å². The zero-order valence-electron chi connectivity index (χ0n) is 11.5. The SMILES string of the molecule is CNC(=O)c1nnn(N=Cc2ccc(C)cc2)c1[O-].[Na+]. The average molecular weight is 281 g/mol. The zero-order valence-corrected chi connectivity index (χ0v) is 13.5. The number of carbonyl (C=O) groups excluding carboxylic acids is 1. The maximum Gasteiger partial charge on any atom is 1.00 e. The number of carbonyl (C=O) groups is 1. The average Bonchev–Trinajstić information content (AvgIpc) is 2.79. The summed E-state index contributed by atoms with van der Waals surface area (Å²) in [4.78, 5) is 12.1. The number of aromatic nitrogens is 3. The summed E-state index contributed by atoms with van der Waals surface area (Å²) >= 11 is 0. The first kappa shape index (κ1) is 16.4. The summed E-state index contributed by atoms with van der Waals surface area (Å²) in [5.74, 6) is -1.23. The van der Waals surface area contributed by atoms with E-state index >= 15 is 0 Å². The van der Waals surface area contributed by atoms with Gasteiger partial charge in [0.25, 0.3) is 5.91 Å². The number of amides is 1. The van der Waals surface area contributed by atoms with Gasteiger partial charge in [-0.25, -0.2) is 0 Å². The first-order valence-corrected chi connectivity index (χ1v) is 5.57. The number of nitrogens with one attached hydrogen (secondary N) is 1. The molecule has 1 aromatic carbocycles. The van der Waals surface area contributed by atoms with E-state index in [1.807, 2.05) is 31.2 Å². The van der Waals surface area contributed by atoms with Gasteiger partial charge in [0.1, 0.15) is 0 Å². The molecule has 0 saturated heterocycles. The minimum atomic E-state index is -0.650. The van der Waals surface area contributed by atoms with Gasteiger partial charge >= 0.3 is 29.6 Å². The van der Waals surface area contributed by atoms with E-state index in [9.17, 15) is 9.90 Å². The fourth-order valence-corrected chi connectivity index (χ4v) is 1.38. The van der Waals surface area contributed by atoms with Crippen LogP contribution in [0.5, 0.6) is 5.88 Å². The van der Waals surface area contributed by atoms with Gasteiger partial charge in [-0.05, 0) is 17.7 Å². The molecule has 2 aromatic rings. The summed E-state index contributed by atoms with van der Waals surface area (Å²) in [6.07, 6.45) is 1.48. The number of nitrogens with zero attached hydrogens (tertiary/aromatic N) is 4. The molecule has 0 spiro atoms. The molecular formula is C12H12N5NaO2. The van der Waals surface area contributed by atoms with Crippen LogP contribution in [0.25, 0.3) is 0 Å². The predicted octanol–water partition coefficient (Wildman–Crippen LogP) is -3.09. The van der Waals surface area contributed by atoms with Crippen molar-refractivity contribution in [2.45, 2.75) is 6.92 Å². The monoisotopic (exact) mass is 281 g/mol. The normalized spacial score (nSPS) is 10.3. The molecule has 1 amide bonds. The van der Waals surface area contributed by atoms with Crippen molar-refractivity contribution in [3.8, 4) is 5.88 Å². The number of rotatable bonds is 3. The van der Waals surface area contributed by atoms with E-state index in [4.69, 9.17) is 0 Å². The number of aryl methyl sites for hydroxylation is 1. The van der Waals surface area contributed by atoms with Crippen molar-refractivity contribution in [1.29, 1.82) is 0 Å².